The minimum atomic E-state index is -4.57. The molecule has 2 amide bonds. The van der Waals surface area contributed by atoms with Gasteiger partial charge in [0.05, 0.1) is 16.3 Å². The molecule has 1 heterocycles. The maximum absolute atomic E-state index is 12.7. The highest BCUT2D eigenvalue weighted by molar-refractivity contribution is 6.36. The molecular formula is C16H15ClF3NO3. The molecule has 1 saturated heterocycles. The second-order valence-corrected chi connectivity index (χ2v) is 5.64. The summed E-state index contributed by atoms with van der Waals surface area (Å²) >= 11 is 5.82. The number of nitrogens with zero attached hydrogens (tertiary/aromatic N) is 1. The quantitative estimate of drug-likeness (QED) is 0.527. The molecule has 0 spiro atoms. The van der Waals surface area contributed by atoms with Gasteiger partial charge in [-0.2, -0.15) is 13.2 Å². The average molecular weight is 362 g/mol. The van der Waals surface area contributed by atoms with Gasteiger partial charge < -0.3 is 4.74 Å². The van der Waals surface area contributed by atoms with Crippen molar-refractivity contribution in [1.29, 1.82) is 0 Å². The number of allylic oxidation sites excluding steroid dienone is 1. The summed E-state index contributed by atoms with van der Waals surface area (Å²) < 4.78 is 42.9. The zero-order chi connectivity index (χ0) is 17.9. The highest BCUT2D eigenvalue weighted by Crippen LogP contribution is 2.37. The topological polar surface area (TPSA) is 46.6 Å². The third kappa shape index (κ3) is 3.90. The van der Waals surface area contributed by atoms with Crippen LogP contribution in [0.3, 0.4) is 0 Å². The lowest BCUT2D eigenvalue weighted by Gasteiger charge is -2.14. The number of rotatable bonds is 5. The molecule has 1 aromatic carbocycles. The molecule has 0 atom stereocenters. The number of hydrogen-bond acceptors (Lipinski definition) is 3. The minimum Gasteiger partial charge on any atom is -0.404 e. The van der Waals surface area contributed by atoms with E-state index < -0.39 is 23.7 Å². The van der Waals surface area contributed by atoms with Gasteiger partial charge in [-0.25, -0.2) is 9.69 Å². The summed E-state index contributed by atoms with van der Waals surface area (Å²) in [5.41, 5.74) is -1.11. The lowest BCUT2D eigenvalue weighted by atomic mass is 10.1. The number of carbonyl (C=O) groups excluding carboxylic acids is 2. The number of benzene rings is 1. The lowest BCUT2D eigenvalue weighted by Crippen LogP contribution is -2.28. The maximum Gasteiger partial charge on any atom is 0.427 e. The van der Waals surface area contributed by atoms with Crippen LogP contribution in [-0.4, -0.2) is 12.0 Å². The molecule has 0 radical (unpaired) electrons. The number of ether oxygens (including phenoxy) is 1. The van der Waals surface area contributed by atoms with Crippen molar-refractivity contribution in [1.82, 2.24) is 0 Å². The molecule has 0 unspecified atom stereocenters. The van der Waals surface area contributed by atoms with E-state index in [2.05, 4.69) is 0 Å². The first kappa shape index (κ1) is 18.3. The molecule has 4 nitrogen and oxygen atoms in total. The molecule has 1 aliphatic rings. The van der Waals surface area contributed by atoms with E-state index in [4.69, 9.17) is 16.3 Å². The lowest BCUT2D eigenvalue weighted by molar-refractivity contribution is -0.137. The molecule has 1 fully saturated rings. The molecular weight excluding hydrogens is 347 g/mol. The summed E-state index contributed by atoms with van der Waals surface area (Å²) in [6.45, 7) is 2.03. The number of carbonyl (C=O) groups is 2. The van der Waals surface area contributed by atoms with E-state index in [1.165, 1.54) is 6.08 Å². The number of amides is 2. The van der Waals surface area contributed by atoms with E-state index in [9.17, 15) is 22.8 Å². The summed E-state index contributed by atoms with van der Waals surface area (Å²) in [5, 5.41) is -0.359. The Morgan fingerprint density at radius 2 is 1.96 bits per heavy atom. The summed E-state index contributed by atoms with van der Waals surface area (Å²) in [6.07, 6.45) is -0.660. The summed E-state index contributed by atoms with van der Waals surface area (Å²) in [4.78, 5) is 24.8. The second kappa shape index (κ2) is 7.25. The van der Waals surface area contributed by atoms with Crippen LogP contribution < -0.4 is 4.90 Å². The SMILES string of the molecule is CCCCC/C=C1\OC(=O)N(c2ccc(C(F)(F)F)cc2Cl)C1=O. The molecule has 8 heteroatoms. The Kier molecular flexibility index (Phi) is 5.54. The number of cyclic esters (lactones) is 1. The fourth-order valence-corrected chi connectivity index (χ4v) is 2.47. The third-order valence-electron chi connectivity index (χ3n) is 3.45. The van der Waals surface area contributed by atoms with E-state index in [0.717, 1.165) is 31.4 Å². The zero-order valence-corrected chi connectivity index (χ0v) is 13.6. The van der Waals surface area contributed by atoms with Crippen molar-refractivity contribution in [2.45, 2.75) is 38.8 Å². The standard InChI is InChI=1S/C16H15ClF3NO3/c1-2-3-4-5-6-13-14(22)21(15(23)24-13)12-8-7-10(9-11(12)17)16(18,19)20/h6-9H,2-5H2,1H3/b13-6-. The van der Waals surface area contributed by atoms with Gasteiger partial charge in [-0.3, -0.25) is 4.79 Å². The predicted octanol–water partition coefficient (Wildman–Crippen LogP) is 5.31. The monoisotopic (exact) mass is 361 g/mol. The van der Waals surface area contributed by atoms with Crippen molar-refractivity contribution in [3.8, 4) is 0 Å². The van der Waals surface area contributed by atoms with E-state index in [-0.39, 0.29) is 16.5 Å². The van der Waals surface area contributed by atoms with Crippen LogP contribution in [-0.2, 0) is 15.7 Å². The Morgan fingerprint density at radius 3 is 2.54 bits per heavy atom. The highest BCUT2D eigenvalue weighted by atomic mass is 35.5. The van der Waals surface area contributed by atoms with E-state index in [0.29, 0.717) is 17.4 Å². The van der Waals surface area contributed by atoms with Gasteiger partial charge in [-0.1, -0.05) is 31.4 Å². The number of halogens is 4. The smallest absolute Gasteiger partial charge is 0.404 e. The van der Waals surface area contributed by atoms with Crippen molar-refractivity contribution in [2.24, 2.45) is 0 Å². The first-order valence-corrected chi connectivity index (χ1v) is 7.76. The Hall–Kier alpha value is -2.02. The highest BCUT2D eigenvalue weighted by Gasteiger charge is 2.39. The maximum atomic E-state index is 12.7. The van der Waals surface area contributed by atoms with Gasteiger partial charge in [0.15, 0.2) is 5.76 Å². The second-order valence-electron chi connectivity index (χ2n) is 5.24. The molecule has 0 aliphatic carbocycles. The zero-order valence-electron chi connectivity index (χ0n) is 12.8. The van der Waals surface area contributed by atoms with E-state index >= 15 is 0 Å². The van der Waals surface area contributed by atoms with Crippen LogP contribution in [0, 0.1) is 0 Å². The molecule has 1 aliphatic heterocycles. The van der Waals surface area contributed by atoms with Gasteiger partial charge in [-0.15, -0.1) is 0 Å². The van der Waals surface area contributed by atoms with E-state index in [1.54, 1.807) is 0 Å². The Labute approximate surface area is 141 Å². The van der Waals surface area contributed by atoms with Gasteiger partial charge in [-0.05, 0) is 37.1 Å². The number of anilines is 1. The van der Waals surface area contributed by atoms with Crippen LogP contribution in [0.25, 0.3) is 0 Å². The van der Waals surface area contributed by atoms with Crippen molar-refractivity contribution in [3.05, 3.63) is 40.6 Å². The van der Waals surface area contributed by atoms with Gasteiger partial charge in [0.1, 0.15) is 0 Å². The largest absolute Gasteiger partial charge is 0.427 e. The summed E-state index contributed by atoms with van der Waals surface area (Å²) in [6, 6.07) is 2.40. The normalized spacial score (nSPS) is 16.9. The molecule has 0 aromatic heterocycles. The molecule has 0 saturated carbocycles. The van der Waals surface area contributed by atoms with E-state index in [1.807, 2.05) is 6.92 Å². The summed E-state index contributed by atoms with van der Waals surface area (Å²) in [5.74, 6) is -0.870. The average Bonchev–Trinajstić information content (AvgIpc) is 2.77. The molecule has 130 valence electrons. The van der Waals surface area contributed by atoms with Crippen LogP contribution >= 0.6 is 11.6 Å². The number of unbranched alkanes of at least 4 members (excludes halogenated alkanes) is 3. The first-order chi connectivity index (χ1) is 11.3. The van der Waals surface area contributed by atoms with Crippen LogP contribution in [0.2, 0.25) is 5.02 Å². The fraction of sp³-hybridized carbons (Fsp3) is 0.375. The molecule has 24 heavy (non-hydrogen) atoms. The van der Waals surface area contributed by atoms with Crippen molar-refractivity contribution in [3.63, 3.8) is 0 Å². The third-order valence-corrected chi connectivity index (χ3v) is 3.75. The molecule has 1 aromatic rings. The fourth-order valence-electron chi connectivity index (χ4n) is 2.21. The van der Waals surface area contributed by atoms with Crippen LogP contribution in [0.4, 0.5) is 23.7 Å². The van der Waals surface area contributed by atoms with Crippen LogP contribution in [0.15, 0.2) is 30.0 Å². The van der Waals surface area contributed by atoms with Crippen LogP contribution in [0.1, 0.15) is 38.2 Å². The van der Waals surface area contributed by atoms with Gasteiger partial charge in [0.25, 0.3) is 0 Å². The molecule has 0 bridgehead atoms. The number of hydrogen-bond donors (Lipinski definition) is 0. The van der Waals surface area contributed by atoms with Crippen molar-refractivity contribution in [2.75, 3.05) is 4.90 Å². The van der Waals surface area contributed by atoms with Crippen LogP contribution in [0.5, 0.6) is 0 Å². The number of imide groups is 1. The molecule has 2 rings (SSSR count). The Bertz CT molecular complexity index is 686. The van der Waals surface area contributed by atoms with Crippen molar-refractivity contribution >= 4 is 29.3 Å². The minimum absolute atomic E-state index is 0.132. The molecule has 0 N–H and O–H groups in total. The van der Waals surface area contributed by atoms with Gasteiger partial charge >= 0.3 is 18.2 Å². The summed E-state index contributed by atoms with van der Waals surface area (Å²) in [7, 11) is 0. The predicted molar refractivity (Wildman–Crippen MR) is 82.6 cm³/mol. The van der Waals surface area contributed by atoms with Crippen molar-refractivity contribution < 1.29 is 27.5 Å². The Morgan fingerprint density at radius 1 is 1.25 bits per heavy atom. The first-order valence-electron chi connectivity index (χ1n) is 7.39. The Balaban J connectivity index is 2.23. The number of alkyl halides is 3. The van der Waals surface area contributed by atoms with Gasteiger partial charge in [0, 0.05) is 0 Å². The van der Waals surface area contributed by atoms with Gasteiger partial charge in [0.2, 0.25) is 0 Å².